The van der Waals surface area contributed by atoms with Crippen molar-refractivity contribution in [1.82, 2.24) is 20.0 Å². The highest BCUT2D eigenvalue weighted by Gasteiger charge is 2.48. The summed E-state index contributed by atoms with van der Waals surface area (Å²) in [6.45, 7) is 0.484. The quantitative estimate of drug-likeness (QED) is 0.786. The Hall–Kier alpha value is -2.90. The van der Waals surface area contributed by atoms with E-state index in [4.69, 9.17) is 4.74 Å². The summed E-state index contributed by atoms with van der Waals surface area (Å²) < 4.78 is 7.23. The molecule has 3 fully saturated rings. The fourth-order valence-electron chi connectivity index (χ4n) is 4.49. The third kappa shape index (κ3) is 2.66. The van der Waals surface area contributed by atoms with E-state index in [0.29, 0.717) is 19.4 Å². The molecule has 0 radical (unpaired) electrons. The van der Waals surface area contributed by atoms with Crippen LogP contribution in [0.2, 0.25) is 0 Å². The van der Waals surface area contributed by atoms with Gasteiger partial charge in [0.2, 0.25) is 11.8 Å². The second-order valence-electron chi connectivity index (χ2n) is 7.86. The van der Waals surface area contributed by atoms with E-state index < -0.39 is 6.04 Å². The monoisotopic (exact) mass is 382 g/mol. The lowest BCUT2D eigenvalue weighted by Crippen LogP contribution is -2.62. The molecular formula is C20H22N4O4. The molecule has 3 heterocycles. The van der Waals surface area contributed by atoms with E-state index >= 15 is 0 Å². The number of ether oxygens (including phenoxy) is 1. The van der Waals surface area contributed by atoms with Crippen LogP contribution in [0.5, 0.6) is 0 Å². The Kier molecular flexibility index (Phi) is 3.89. The predicted octanol–water partition coefficient (Wildman–Crippen LogP) is 0.709. The normalized spacial score (nSPS) is 29.0. The average molecular weight is 382 g/mol. The van der Waals surface area contributed by atoms with Gasteiger partial charge in [-0.05, 0) is 25.3 Å². The van der Waals surface area contributed by atoms with E-state index in [1.54, 1.807) is 4.90 Å². The van der Waals surface area contributed by atoms with Gasteiger partial charge in [0.25, 0.3) is 0 Å². The fraction of sp³-hybridized carbons (Fsp3) is 0.500. The van der Waals surface area contributed by atoms with E-state index in [1.165, 1.54) is 0 Å². The molecule has 1 N–H and O–H groups in total. The second-order valence-corrected chi connectivity index (χ2v) is 7.86. The summed E-state index contributed by atoms with van der Waals surface area (Å²) in [5.74, 6) is -0.837. The first-order valence-corrected chi connectivity index (χ1v) is 9.73. The van der Waals surface area contributed by atoms with Crippen LogP contribution in [0.1, 0.15) is 30.9 Å². The topological polar surface area (TPSA) is 93.5 Å². The lowest BCUT2D eigenvalue weighted by Gasteiger charge is -2.34. The second kappa shape index (κ2) is 6.32. The molecule has 4 atom stereocenters. The molecule has 1 aliphatic carbocycles. The van der Waals surface area contributed by atoms with E-state index in [0.717, 1.165) is 23.0 Å². The standard InChI is InChI=1S/C20H22N4O4/c1-23-15-6-3-2-5-11(15)17(22-23)12-9-13(12)20(27)28-10-14-19(26)24-8-4-7-16(24)18(25)21-14/h2-3,5-6,12-14,16H,4,7-10H2,1H3,(H,21,25)/t12-,13-,14+,16+/m1/s1. The van der Waals surface area contributed by atoms with Gasteiger partial charge in [0.1, 0.15) is 18.7 Å². The molecule has 1 aromatic heterocycles. The highest BCUT2D eigenvalue weighted by atomic mass is 16.5. The number of aryl methyl sites for hydroxylation is 1. The Morgan fingerprint density at radius 3 is 3.00 bits per heavy atom. The molecule has 146 valence electrons. The van der Waals surface area contributed by atoms with Crippen molar-refractivity contribution < 1.29 is 19.1 Å². The number of benzene rings is 1. The number of carbonyl (C=O) groups is 3. The van der Waals surface area contributed by atoms with Crippen molar-refractivity contribution in [1.29, 1.82) is 0 Å². The van der Waals surface area contributed by atoms with E-state index in [1.807, 2.05) is 36.0 Å². The summed E-state index contributed by atoms with van der Waals surface area (Å²) in [7, 11) is 1.89. The predicted molar refractivity (Wildman–Crippen MR) is 99.2 cm³/mol. The van der Waals surface area contributed by atoms with Crippen LogP contribution in [-0.2, 0) is 26.2 Å². The molecule has 5 rings (SSSR count). The first-order chi connectivity index (χ1) is 13.5. The molecule has 0 spiro atoms. The van der Waals surface area contributed by atoms with Crippen molar-refractivity contribution in [3.8, 4) is 0 Å². The summed E-state index contributed by atoms with van der Waals surface area (Å²) in [6.07, 6.45) is 2.23. The maximum absolute atomic E-state index is 12.5. The van der Waals surface area contributed by atoms with Crippen LogP contribution in [0.4, 0.5) is 0 Å². The van der Waals surface area contributed by atoms with Crippen LogP contribution in [0.25, 0.3) is 10.9 Å². The van der Waals surface area contributed by atoms with Crippen molar-refractivity contribution in [3.05, 3.63) is 30.0 Å². The number of esters is 1. The Bertz CT molecular complexity index is 984. The lowest BCUT2D eigenvalue weighted by atomic mass is 10.1. The number of nitrogens with one attached hydrogen (secondary N) is 1. The Labute approximate surface area is 161 Å². The van der Waals surface area contributed by atoms with Gasteiger partial charge in [-0.25, -0.2) is 0 Å². The van der Waals surface area contributed by atoms with Gasteiger partial charge >= 0.3 is 5.97 Å². The van der Waals surface area contributed by atoms with Gasteiger partial charge in [-0.1, -0.05) is 18.2 Å². The van der Waals surface area contributed by atoms with Crippen LogP contribution in [0.15, 0.2) is 24.3 Å². The molecule has 8 heteroatoms. The molecule has 0 unspecified atom stereocenters. The van der Waals surface area contributed by atoms with Crippen LogP contribution in [0, 0.1) is 5.92 Å². The molecule has 1 saturated carbocycles. The molecule has 3 aliphatic rings. The van der Waals surface area contributed by atoms with E-state index in [2.05, 4.69) is 10.4 Å². The lowest BCUT2D eigenvalue weighted by molar-refractivity contribution is -0.154. The number of carbonyl (C=O) groups excluding carboxylic acids is 3. The summed E-state index contributed by atoms with van der Waals surface area (Å²) in [5, 5.41) is 8.34. The highest BCUT2D eigenvalue weighted by Crippen LogP contribution is 2.49. The van der Waals surface area contributed by atoms with Crippen LogP contribution in [-0.4, -0.2) is 57.7 Å². The number of hydrogen-bond acceptors (Lipinski definition) is 5. The first-order valence-electron chi connectivity index (χ1n) is 9.73. The number of rotatable bonds is 4. The van der Waals surface area contributed by atoms with Crippen molar-refractivity contribution in [2.24, 2.45) is 13.0 Å². The zero-order valence-electron chi connectivity index (χ0n) is 15.6. The molecule has 1 aromatic carbocycles. The van der Waals surface area contributed by atoms with Crippen molar-refractivity contribution >= 4 is 28.7 Å². The number of aromatic nitrogens is 2. The highest BCUT2D eigenvalue weighted by molar-refractivity contribution is 5.97. The van der Waals surface area contributed by atoms with Gasteiger partial charge in [0, 0.05) is 24.9 Å². The number of nitrogens with zero attached hydrogens (tertiary/aromatic N) is 3. The molecule has 2 aromatic rings. The van der Waals surface area contributed by atoms with Crippen molar-refractivity contribution in [2.45, 2.75) is 37.3 Å². The van der Waals surface area contributed by atoms with Gasteiger partial charge in [0.05, 0.1) is 17.1 Å². The zero-order chi connectivity index (χ0) is 19.4. The largest absolute Gasteiger partial charge is 0.463 e. The summed E-state index contributed by atoms with van der Waals surface area (Å²) >= 11 is 0. The minimum absolute atomic E-state index is 0.0400. The number of piperazine rings is 1. The third-order valence-electron chi connectivity index (χ3n) is 6.08. The average Bonchev–Trinajstić information content (AvgIpc) is 3.19. The number of hydrogen-bond donors (Lipinski definition) is 1. The molecular weight excluding hydrogens is 360 g/mol. The maximum Gasteiger partial charge on any atom is 0.309 e. The SMILES string of the molecule is Cn1nc([C@@H]2C[C@H]2C(=O)OC[C@@H]2NC(=O)[C@@H]3CCCN3C2=O)c2ccccc21. The van der Waals surface area contributed by atoms with Gasteiger partial charge in [-0.15, -0.1) is 0 Å². The molecule has 2 saturated heterocycles. The number of amides is 2. The van der Waals surface area contributed by atoms with Crippen molar-refractivity contribution in [3.63, 3.8) is 0 Å². The minimum atomic E-state index is -0.779. The Morgan fingerprint density at radius 1 is 1.32 bits per heavy atom. The van der Waals surface area contributed by atoms with Gasteiger partial charge < -0.3 is 15.0 Å². The smallest absolute Gasteiger partial charge is 0.309 e. The fourth-order valence-corrected chi connectivity index (χ4v) is 4.49. The van der Waals surface area contributed by atoms with Gasteiger partial charge in [0.15, 0.2) is 0 Å². The molecule has 2 aliphatic heterocycles. The number of para-hydroxylation sites is 1. The summed E-state index contributed by atoms with van der Waals surface area (Å²) in [5.41, 5.74) is 1.95. The maximum atomic E-state index is 12.5. The Morgan fingerprint density at radius 2 is 2.14 bits per heavy atom. The number of fused-ring (bicyclic) bond motifs is 2. The van der Waals surface area contributed by atoms with Gasteiger partial charge in [-0.2, -0.15) is 5.10 Å². The van der Waals surface area contributed by atoms with Crippen LogP contribution >= 0.6 is 0 Å². The van der Waals surface area contributed by atoms with Gasteiger partial charge in [-0.3, -0.25) is 19.1 Å². The minimum Gasteiger partial charge on any atom is -0.463 e. The molecule has 28 heavy (non-hydrogen) atoms. The third-order valence-corrected chi connectivity index (χ3v) is 6.08. The van der Waals surface area contributed by atoms with E-state index in [-0.39, 0.29) is 42.3 Å². The molecule has 8 nitrogen and oxygen atoms in total. The zero-order valence-corrected chi connectivity index (χ0v) is 15.6. The summed E-state index contributed by atoms with van der Waals surface area (Å²) in [4.78, 5) is 38.7. The Balaban J connectivity index is 1.23. The van der Waals surface area contributed by atoms with Crippen LogP contribution in [0.3, 0.4) is 0 Å². The van der Waals surface area contributed by atoms with Crippen LogP contribution < -0.4 is 5.32 Å². The van der Waals surface area contributed by atoms with Crippen molar-refractivity contribution in [2.75, 3.05) is 13.2 Å². The molecule has 0 bridgehead atoms. The molecule has 2 amide bonds. The summed E-state index contributed by atoms with van der Waals surface area (Å²) in [6, 6.07) is 6.81. The van der Waals surface area contributed by atoms with E-state index in [9.17, 15) is 14.4 Å². The first kappa shape index (κ1) is 17.2.